The molecule has 0 aliphatic carbocycles. The van der Waals surface area contributed by atoms with Crippen molar-refractivity contribution in [2.75, 3.05) is 5.73 Å². The average Bonchev–Trinajstić information content (AvgIpc) is 2.60. The molecule has 0 spiro atoms. The fourth-order valence-electron chi connectivity index (χ4n) is 1.82. The SMILES string of the molecule is CC(C)[C@H](C)N1C=C(Br)c2[nH]nc(N)c2C1. The molecule has 0 saturated heterocycles. The van der Waals surface area contributed by atoms with Crippen molar-refractivity contribution in [3.05, 3.63) is 17.5 Å². The maximum atomic E-state index is 5.84. The minimum absolute atomic E-state index is 0.481. The Morgan fingerprint density at radius 3 is 2.81 bits per heavy atom. The molecule has 0 aromatic carbocycles. The maximum absolute atomic E-state index is 5.84. The minimum atomic E-state index is 0.481. The summed E-state index contributed by atoms with van der Waals surface area (Å²) in [6.07, 6.45) is 2.12. The minimum Gasteiger partial charge on any atom is -0.382 e. The van der Waals surface area contributed by atoms with E-state index in [1.807, 2.05) is 0 Å². The normalized spacial score (nSPS) is 17.3. The van der Waals surface area contributed by atoms with Crippen LogP contribution in [0, 0.1) is 5.92 Å². The number of nitrogens with zero attached hydrogens (tertiary/aromatic N) is 2. The summed E-state index contributed by atoms with van der Waals surface area (Å²) in [6, 6.07) is 0.481. The molecule has 4 nitrogen and oxygen atoms in total. The first-order valence-corrected chi connectivity index (χ1v) is 6.26. The lowest BCUT2D eigenvalue weighted by Gasteiger charge is -2.33. The lowest BCUT2D eigenvalue weighted by atomic mass is 10.0. The number of hydrogen-bond acceptors (Lipinski definition) is 3. The molecular weight excluding hydrogens is 268 g/mol. The Kier molecular flexibility index (Phi) is 2.97. The number of H-pyrrole nitrogens is 1. The number of nitrogens with one attached hydrogen (secondary N) is 1. The van der Waals surface area contributed by atoms with Gasteiger partial charge < -0.3 is 10.6 Å². The van der Waals surface area contributed by atoms with Gasteiger partial charge in [-0.2, -0.15) is 5.10 Å². The van der Waals surface area contributed by atoms with Crippen LogP contribution < -0.4 is 5.73 Å². The van der Waals surface area contributed by atoms with Gasteiger partial charge in [0.15, 0.2) is 5.82 Å². The number of hydrogen-bond donors (Lipinski definition) is 2. The number of aromatic nitrogens is 2. The third-order valence-electron chi connectivity index (χ3n) is 3.25. The summed E-state index contributed by atoms with van der Waals surface area (Å²) in [4.78, 5) is 2.29. The first-order chi connectivity index (χ1) is 7.50. The van der Waals surface area contributed by atoms with Crippen molar-refractivity contribution in [2.24, 2.45) is 5.92 Å². The zero-order valence-electron chi connectivity index (χ0n) is 9.79. The topological polar surface area (TPSA) is 57.9 Å². The van der Waals surface area contributed by atoms with Gasteiger partial charge in [-0.1, -0.05) is 13.8 Å². The Hall–Kier alpha value is -0.970. The quantitative estimate of drug-likeness (QED) is 0.878. The molecule has 0 unspecified atom stereocenters. The van der Waals surface area contributed by atoms with Gasteiger partial charge in [-0.15, -0.1) is 0 Å². The van der Waals surface area contributed by atoms with Crippen LogP contribution in [0.3, 0.4) is 0 Å². The van der Waals surface area contributed by atoms with Crippen molar-refractivity contribution < 1.29 is 0 Å². The molecule has 1 aromatic rings. The number of anilines is 1. The van der Waals surface area contributed by atoms with Crippen LogP contribution in [0.1, 0.15) is 32.0 Å². The summed E-state index contributed by atoms with van der Waals surface area (Å²) in [5.74, 6) is 1.20. The second-order valence-corrected chi connectivity index (χ2v) is 5.45. The highest BCUT2D eigenvalue weighted by molar-refractivity contribution is 9.15. The van der Waals surface area contributed by atoms with Gasteiger partial charge in [0.2, 0.25) is 0 Å². The molecule has 5 heteroatoms. The number of nitrogens with two attached hydrogens (primary N) is 1. The molecule has 0 radical (unpaired) electrons. The largest absolute Gasteiger partial charge is 0.382 e. The van der Waals surface area contributed by atoms with Gasteiger partial charge in [-0.05, 0) is 28.8 Å². The standard InChI is InChI=1S/C11H17BrN4/c1-6(2)7(3)16-4-8-10(9(12)5-16)14-15-11(8)13/h5-7H,4H2,1-3H3,(H3,13,14,15)/t7-/m0/s1. The van der Waals surface area contributed by atoms with Crippen molar-refractivity contribution in [1.29, 1.82) is 0 Å². The maximum Gasteiger partial charge on any atom is 0.150 e. The molecular formula is C11H17BrN4. The van der Waals surface area contributed by atoms with Crippen LogP contribution in [0.5, 0.6) is 0 Å². The third-order valence-corrected chi connectivity index (χ3v) is 3.85. The number of nitrogen functional groups attached to an aromatic ring is 1. The molecule has 0 fully saturated rings. The molecule has 1 aromatic heterocycles. The van der Waals surface area contributed by atoms with Crippen molar-refractivity contribution in [3.8, 4) is 0 Å². The highest BCUT2D eigenvalue weighted by Gasteiger charge is 2.24. The predicted octanol–water partition coefficient (Wildman–Crippen LogP) is 2.55. The van der Waals surface area contributed by atoms with Gasteiger partial charge in [-0.3, -0.25) is 5.10 Å². The van der Waals surface area contributed by atoms with E-state index < -0.39 is 0 Å². The number of halogens is 1. The van der Waals surface area contributed by atoms with E-state index in [0.29, 0.717) is 17.8 Å². The van der Waals surface area contributed by atoms with E-state index in [4.69, 9.17) is 5.73 Å². The second-order valence-electron chi connectivity index (χ2n) is 4.60. The molecule has 2 heterocycles. The Balaban J connectivity index is 2.31. The number of aromatic amines is 1. The van der Waals surface area contributed by atoms with Crippen LogP contribution >= 0.6 is 15.9 Å². The van der Waals surface area contributed by atoms with Crippen molar-refractivity contribution in [2.45, 2.75) is 33.4 Å². The van der Waals surface area contributed by atoms with E-state index in [0.717, 1.165) is 22.3 Å². The summed E-state index contributed by atoms with van der Waals surface area (Å²) in [7, 11) is 0. The monoisotopic (exact) mass is 284 g/mol. The highest BCUT2D eigenvalue weighted by Crippen LogP contribution is 2.33. The van der Waals surface area contributed by atoms with Crippen molar-refractivity contribution in [3.63, 3.8) is 0 Å². The average molecular weight is 285 g/mol. The molecule has 1 aliphatic rings. The molecule has 1 atom stereocenters. The van der Waals surface area contributed by atoms with Crippen LogP contribution in [0.15, 0.2) is 6.20 Å². The van der Waals surface area contributed by atoms with Crippen molar-refractivity contribution in [1.82, 2.24) is 15.1 Å². The lowest BCUT2D eigenvalue weighted by molar-refractivity contribution is 0.229. The van der Waals surface area contributed by atoms with Gasteiger partial charge in [0.25, 0.3) is 0 Å². The highest BCUT2D eigenvalue weighted by atomic mass is 79.9. The molecule has 1 aliphatic heterocycles. The van der Waals surface area contributed by atoms with E-state index in [-0.39, 0.29) is 0 Å². The molecule has 0 saturated carbocycles. The molecule has 88 valence electrons. The zero-order valence-corrected chi connectivity index (χ0v) is 11.4. The molecule has 2 rings (SSSR count). The Morgan fingerprint density at radius 1 is 1.50 bits per heavy atom. The zero-order chi connectivity index (χ0) is 11.9. The van der Waals surface area contributed by atoms with E-state index >= 15 is 0 Å². The fraction of sp³-hybridized carbons (Fsp3) is 0.545. The first-order valence-electron chi connectivity index (χ1n) is 5.47. The molecule has 16 heavy (non-hydrogen) atoms. The van der Waals surface area contributed by atoms with E-state index in [1.54, 1.807) is 0 Å². The van der Waals surface area contributed by atoms with Crippen molar-refractivity contribution >= 4 is 26.2 Å². The second kappa shape index (κ2) is 4.13. The molecule has 0 amide bonds. The van der Waals surface area contributed by atoms with E-state index in [2.05, 4.69) is 58.0 Å². The van der Waals surface area contributed by atoms with Gasteiger partial charge in [-0.25, -0.2) is 0 Å². The van der Waals surface area contributed by atoms with Crippen LogP contribution in [-0.2, 0) is 6.54 Å². The van der Waals surface area contributed by atoms with Gasteiger partial charge in [0, 0.05) is 24.4 Å². The van der Waals surface area contributed by atoms with Crippen LogP contribution in [0.4, 0.5) is 5.82 Å². The van der Waals surface area contributed by atoms with E-state index in [9.17, 15) is 0 Å². The third kappa shape index (κ3) is 1.84. The van der Waals surface area contributed by atoms with Gasteiger partial charge in [0.05, 0.1) is 10.2 Å². The summed E-state index contributed by atoms with van der Waals surface area (Å²) in [6.45, 7) is 7.50. The number of fused-ring (bicyclic) bond motifs is 1. The predicted molar refractivity (Wildman–Crippen MR) is 69.7 cm³/mol. The molecule has 0 bridgehead atoms. The number of rotatable bonds is 2. The summed E-state index contributed by atoms with van der Waals surface area (Å²) >= 11 is 3.55. The summed E-state index contributed by atoms with van der Waals surface area (Å²) in [5, 5.41) is 6.99. The van der Waals surface area contributed by atoms with E-state index in [1.165, 1.54) is 0 Å². The fourth-order valence-corrected chi connectivity index (χ4v) is 2.41. The van der Waals surface area contributed by atoms with Crippen LogP contribution in [0.25, 0.3) is 4.48 Å². The Labute approximate surface area is 104 Å². The first kappa shape index (κ1) is 11.5. The summed E-state index contributed by atoms with van der Waals surface area (Å²) in [5.41, 5.74) is 7.93. The smallest absolute Gasteiger partial charge is 0.150 e. The molecule has 3 N–H and O–H groups in total. The van der Waals surface area contributed by atoms with Gasteiger partial charge in [0.1, 0.15) is 0 Å². The van der Waals surface area contributed by atoms with Crippen LogP contribution in [0.2, 0.25) is 0 Å². The Bertz CT molecular complexity index is 422. The van der Waals surface area contributed by atoms with Gasteiger partial charge >= 0.3 is 0 Å². The lowest BCUT2D eigenvalue weighted by Crippen LogP contribution is -2.33. The summed E-state index contributed by atoms with van der Waals surface area (Å²) < 4.78 is 1.02. The Morgan fingerprint density at radius 2 is 2.19 bits per heavy atom. The van der Waals surface area contributed by atoms with Crippen LogP contribution in [-0.4, -0.2) is 21.1 Å².